The third-order valence-corrected chi connectivity index (χ3v) is 10.2. The van der Waals surface area contributed by atoms with Crippen molar-refractivity contribution in [3.05, 3.63) is 120 Å². The van der Waals surface area contributed by atoms with Crippen molar-refractivity contribution in [2.24, 2.45) is 0 Å². The number of para-hydroxylation sites is 4. The van der Waals surface area contributed by atoms with E-state index < -0.39 is 0 Å². The normalized spacial score (nSPS) is 13.6. The van der Waals surface area contributed by atoms with E-state index in [4.69, 9.17) is 9.40 Å². The number of hydrogen-bond donors (Lipinski definition) is 0. The van der Waals surface area contributed by atoms with E-state index in [2.05, 4.69) is 126 Å². The molecular formula is C39H24BN3O. The van der Waals surface area contributed by atoms with Crippen molar-refractivity contribution in [1.82, 2.24) is 9.38 Å². The van der Waals surface area contributed by atoms with E-state index in [1.807, 2.05) is 6.07 Å². The van der Waals surface area contributed by atoms with Crippen molar-refractivity contribution in [1.29, 1.82) is 0 Å². The van der Waals surface area contributed by atoms with Gasteiger partial charge in [-0.25, -0.2) is 4.98 Å². The molecule has 0 atom stereocenters. The number of furan rings is 1. The van der Waals surface area contributed by atoms with Gasteiger partial charge in [0.15, 0.2) is 5.58 Å². The summed E-state index contributed by atoms with van der Waals surface area (Å²) in [6, 6.07) is 39.6. The number of aromatic nitrogens is 2. The van der Waals surface area contributed by atoms with Gasteiger partial charge in [0, 0.05) is 32.9 Å². The molecule has 0 aliphatic carbocycles. The van der Waals surface area contributed by atoms with Crippen LogP contribution in [0.25, 0.3) is 60.3 Å². The summed E-state index contributed by atoms with van der Waals surface area (Å²) in [6.45, 7) is 4.57. The van der Waals surface area contributed by atoms with Crippen LogP contribution < -0.4 is 21.3 Å². The molecular weight excluding hydrogens is 537 g/mol. The number of imidazole rings is 1. The molecule has 4 nitrogen and oxygen atoms in total. The first-order valence-electron chi connectivity index (χ1n) is 15.3. The van der Waals surface area contributed by atoms with Gasteiger partial charge in [-0.05, 0) is 77.1 Å². The average Bonchev–Trinajstić information content (AvgIpc) is 3.63. The molecule has 5 heterocycles. The van der Waals surface area contributed by atoms with E-state index in [9.17, 15) is 0 Å². The number of hydrogen-bond acceptors (Lipinski definition) is 3. The van der Waals surface area contributed by atoms with Crippen LogP contribution in [-0.2, 0) is 0 Å². The minimum absolute atomic E-state index is 0.0915. The molecule has 0 spiro atoms. The minimum atomic E-state index is 0.0915. The second-order valence-corrected chi connectivity index (χ2v) is 12.4. The maximum Gasteiger partial charge on any atom is 0.252 e. The Balaban J connectivity index is 1.38. The summed E-state index contributed by atoms with van der Waals surface area (Å²) in [7, 11) is 0. The number of rotatable bonds is 1. The number of pyridine rings is 1. The molecule has 0 radical (unpaired) electrons. The molecule has 0 fully saturated rings. The predicted octanol–water partition coefficient (Wildman–Crippen LogP) is 7.92. The van der Waals surface area contributed by atoms with Crippen LogP contribution in [0.3, 0.4) is 0 Å². The topological polar surface area (TPSA) is 33.7 Å². The second kappa shape index (κ2) is 7.69. The molecule has 44 heavy (non-hydrogen) atoms. The SMILES string of the molecule is Cc1cccc2c1c1nc3cccc4c3n1c1c3c(cc(C)c21)N(c1cccc2c1oc1ccccc12)c1ccccc1B43. The molecule has 9 aromatic rings. The third-order valence-electron chi connectivity index (χ3n) is 10.2. The number of benzene rings is 6. The smallest absolute Gasteiger partial charge is 0.252 e. The summed E-state index contributed by atoms with van der Waals surface area (Å²) >= 11 is 0. The monoisotopic (exact) mass is 561 g/mol. The van der Waals surface area contributed by atoms with Crippen molar-refractivity contribution < 1.29 is 4.42 Å². The van der Waals surface area contributed by atoms with Crippen LogP contribution in [0.4, 0.5) is 17.1 Å². The fraction of sp³-hybridized carbons (Fsp3) is 0.0513. The molecule has 2 aliphatic rings. The van der Waals surface area contributed by atoms with Crippen molar-refractivity contribution in [3.63, 3.8) is 0 Å². The molecule has 3 aromatic heterocycles. The van der Waals surface area contributed by atoms with Gasteiger partial charge in [-0.15, -0.1) is 0 Å². The van der Waals surface area contributed by atoms with E-state index in [0.717, 1.165) is 38.8 Å². The van der Waals surface area contributed by atoms with Crippen molar-refractivity contribution >= 4 is 100 Å². The molecule has 11 rings (SSSR count). The molecule has 0 unspecified atom stereocenters. The Morgan fingerprint density at radius 3 is 2.32 bits per heavy atom. The Morgan fingerprint density at radius 2 is 1.36 bits per heavy atom. The Morgan fingerprint density at radius 1 is 0.614 bits per heavy atom. The van der Waals surface area contributed by atoms with Gasteiger partial charge in [0.1, 0.15) is 11.2 Å². The van der Waals surface area contributed by atoms with E-state index in [0.29, 0.717) is 0 Å². The van der Waals surface area contributed by atoms with Gasteiger partial charge in [0.05, 0.1) is 22.2 Å². The zero-order valence-corrected chi connectivity index (χ0v) is 24.2. The van der Waals surface area contributed by atoms with Crippen LogP contribution in [-0.4, -0.2) is 16.1 Å². The Hall–Kier alpha value is -5.55. The Kier molecular flexibility index (Phi) is 4.02. The summed E-state index contributed by atoms with van der Waals surface area (Å²) in [5.41, 5.74) is 16.3. The molecule has 0 saturated heterocycles. The lowest BCUT2D eigenvalue weighted by atomic mass is 9.34. The number of nitrogens with zero attached hydrogens (tertiary/aromatic N) is 3. The van der Waals surface area contributed by atoms with Gasteiger partial charge in [0.25, 0.3) is 6.71 Å². The average molecular weight is 561 g/mol. The highest BCUT2D eigenvalue weighted by molar-refractivity contribution is 7.01. The molecule has 2 aliphatic heterocycles. The van der Waals surface area contributed by atoms with Crippen LogP contribution in [0.15, 0.2) is 114 Å². The largest absolute Gasteiger partial charge is 0.454 e. The van der Waals surface area contributed by atoms with E-state index in [-0.39, 0.29) is 6.71 Å². The third kappa shape index (κ3) is 2.53. The highest BCUT2D eigenvalue weighted by atomic mass is 16.3. The van der Waals surface area contributed by atoms with E-state index in [1.54, 1.807) is 0 Å². The molecule has 0 saturated carbocycles. The van der Waals surface area contributed by atoms with Gasteiger partial charge in [0.2, 0.25) is 0 Å². The van der Waals surface area contributed by atoms with Gasteiger partial charge < -0.3 is 9.32 Å². The Bertz CT molecular complexity index is 2770. The lowest BCUT2D eigenvalue weighted by molar-refractivity contribution is 0.669. The molecule has 6 aromatic carbocycles. The summed E-state index contributed by atoms with van der Waals surface area (Å²) in [5, 5.41) is 6.10. The highest BCUT2D eigenvalue weighted by Crippen LogP contribution is 2.46. The van der Waals surface area contributed by atoms with Crippen molar-refractivity contribution in [2.75, 3.05) is 4.90 Å². The zero-order valence-electron chi connectivity index (χ0n) is 24.2. The van der Waals surface area contributed by atoms with Gasteiger partial charge in [-0.3, -0.25) is 4.40 Å². The number of fused-ring (bicyclic) bond motifs is 9. The van der Waals surface area contributed by atoms with Crippen LogP contribution in [0, 0.1) is 13.8 Å². The van der Waals surface area contributed by atoms with Crippen LogP contribution in [0.1, 0.15) is 11.1 Å². The first-order valence-corrected chi connectivity index (χ1v) is 15.3. The molecule has 5 heteroatoms. The summed E-state index contributed by atoms with van der Waals surface area (Å²) in [4.78, 5) is 7.78. The maximum absolute atomic E-state index is 6.64. The fourth-order valence-corrected chi connectivity index (χ4v) is 8.49. The standard InChI is InChI=1S/C39H24BN3O/c1-21-10-7-13-25-33-22(2)20-31-35-37(33)43-36-27(15-9-16-28(36)41-39(43)34(21)25)40(35)26-14-4-5-17-29(26)42(31)30-18-8-12-24-23-11-3-6-19-32(23)44-38(24)30/h3-20H,1-2H3. The molecule has 0 N–H and O–H groups in total. The van der Waals surface area contributed by atoms with Crippen LogP contribution >= 0.6 is 0 Å². The fourth-order valence-electron chi connectivity index (χ4n) is 8.49. The highest BCUT2D eigenvalue weighted by Gasteiger charge is 2.42. The predicted molar refractivity (Wildman–Crippen MR) is 184 cm³/mol. The van der Waals surface area contributed by atoms with Gasteiger partial charge in [-0.1, -0.05) is 78.9 Å². The number of anilines is 3. The number of aryl methyl sites for hydroxylation is 2. The van der Waals surface area contributed by atoms with Crippen molar-refractivity contribution in [3.8, 4) is 0 Å². The van der Waals surface area contributed by atoms with Gasteiger partial charge in [-0.2, -0.15) is 0 Å². The summed E-state index contributed by atoms with van der Waals surface area (Å²) < 4.78 is 9.12. The van der Waals surface area contributed by atoms with Crippen LogP contribution in [0.5, 0.6) is 0 Å². The Labute approximate surface area is 252 Å². The molecule has 0 amide bonds. The minimum Gasteiger partial charge on any atom is -0.454 e. The lowest BCUT2D eigenvalue weighted by Crippen LogP contribution is -2.59. The second-order valence-electron chi connectivity index (χ2n) is 12.4. The quantitative estimate of drug-likeness (QED) is 0.151. The van der Waals surface area contributed by atoms with E-state index in [1.165, 1.54) is 66.1 Å². The zero-order chi connectivity index (χ0) is 28.8. The van der Waals surface area contributed by atoms with E-state index >= 15 is 0 Å². The van der Waals surface area contributed by atoms with Crippen LogP contribution in [0.2, 0.25) is 0 Å². The maximum atomic E-state index is 6.64. The summed E-state index contributed by atoms with van der Waals surface area (Å²) in [5.74, 6) is 0. The van der Waals surface area contributed by atoms with Gasteiger partial charge >= 0.3 is 0 Å². The molecule has 204 valence electrons. The van der Waals surface area contributed by atoms with Crippen molar-refractivity contribution in [2.45, 2.75) is 13.8 Å². The molecule has 0 bridgehead atoms. The lowest BCUT2D eigenvalue weighted by Gasteiger charge is -2.39. The summed E-state index contributed by atoms with van der Waals surface area (Å²) in [6.07, 6.45) is 0. The first kappa shape index (κ1) is 23.0. The first-order chi connectivity index (χ1) is 21.7.